The standard InChI is InChI=1S/C16H16O4S/c1-16(15(19)20)8-7-13(12(9-16)14(17)18)21-10-11-5-3-2-4-6-11/h2-8H,9-10H2,1H3,(H,17,18)(H,19,20). The number of benzene rings is 1. The third kappa shape index (κ3) is 3.55. The summed E-state index contributed by atoms with van der Waals surface area (Å²) in [5.41, 5.74) is 0.118. The summed E-state index contributed by atoms with van der Waals surface area (Å²) in [6.45, 7) is 1.54. The van der Waals surface area contributed by atoms with E-state index in [1.165, 1.54) is 18.7 Å². The Bertz CT molecular complexity index is 618. The van der Waals surface area contributed by atoms with Gasteiger partial charge in [0, 0.05) is 10.7 Å². The van der Waals surface area contributed by atoms with Gasteiger partial charge >= 0.3 is 11.9 Å². The summed E-state index contributed by atoms with van der Waals surface area (Å²) in [7, 11) is 0. The third-order valence-corrected chi connectivity index (χ3v) is 4.60. The number of allylic oxidation sites excluding steroid dienone is 1. The van der Waals surface area contributed by atoms with Gasteiger partial charge in [0.2, 0.25) is 0 Å². The fourth-order valence-corrected chi connectivity index (χ4v) is 3.08. The number of carboxylic acids is 2. The zero-order chi connectivity index (χ0) is 15.5. The highest BCUT2D eigenvalue weighted by molar-refractivity contribution is 8.02. The minimum atomic E-state index is -1.15. The van der Waals surface area contributed by atoms with Crippen LogP contribution in [-0.2, 0) is 15.3 Å². The summed E-state index contributed by atoms with van der Waals surface area (Å²) in [6.07, 6.45) is 3.20. The molecule has 1 aliphatic carbocycles. The molecule has 1 atom stereocenters. The lowest BCUT2D eigenvalue weighted by atomic mass is 9.80. The maximum atomic E-state index is 11.4. The first-order valence-electron chi connectivity index (χ1n) is 6.48. The molecule has 5 heteroatoms. The Balaban J connectivity index is 2.19. The second-order valence-electron chi connectivity index (χ2n) is 5.15. The number of hydrogen-bond acceptors (Lipinski definition) is 3. The molecule has 0 heterocycles. The van der Waals surface area contributed by atoms with Gasteiger partial charge in [-0.1, -0.05) is 42.5 Å². The Morgan fingerprint density at radius 2 is 1.90 bits per heavy atom. The molecule has 110 valence electrons. The van der Waals surface area contributed by atoms with E-state index >= 15 is 0 Å². The van der Waals surface area contributed by atoms with Crippen LogP contribution in [0.15, 0.2) is 53.0 Å². The van der Waals surface area contributed by atoms with Crippen LogP contribution in [0.2, 0.25) is 0 Å². The van der Waals surface area contributed by atoms with E-state index < -0.39 is 17.4 Å². The van der Waals surface area contributed by atoms with E-state index in [9.17, 15) is 19.8 Å². The summed E-state index contributed by atoms with van der Waals surface area (Å²) in [4.78, 5) is 23.3. The fourth-order valence-electron chi connectivity index (χ4n) is 2.07. The molecule has 1 aromatic rings. The summed E-state index contributed by atoms with van der Waals surface area (Å²) in [5, 5.41) is 18.5. The molecule has 2 N–H and O–H groups in total. The molecule has 0 radical (unpaired) electrons. The maximum Gasteiger partial charge on any atom is 0.332 e. The summed E-state index contributed by atoms with van der Waals surface area (Å²) < 4.78 is 0. The Labute approximate surface area is 127 Å². The Morgan fingerprint density at radius 1 is 1.24 bits per heavy atom. The van der Waals surface area contributed by atoms with E-state index in [-0.39, 0.29) is 12.0 Å². The zero-order valence-corrected chi connectivity index (χ0v) is 12.4. The van der Waals surface area contributed by atoms with E-state index in [1.807, 2.05) is 30.3 Å². The zero-order valence-electron chi connectivity index (χ0n) is 11.6. The van der Waals surface area contributed by atoms with Crippen molar-refractivity contribution in [1.29, 1.82) is 0 Å². The first-order chi connectivity index (χ1) is 9.92. The van der Waals surface area contributed by atoms with Crippen molar-refractivity contribution in [3.05, 3.63) is 58.5 Å². The van der Waals surface area contributed by atoms with Crippen LogP contribution in [0.3, 0.4) is 0 Å². The van der Waals surface area contributed by atoms with Gasteiger partial charge in [-0.05, 0) is 18.9 Å². The highest BCUT2D eigenvalue weighted by Crippen LogP contribution is 2.39. The van der Waals surface area contributed by atoms with Crippen molar-refractivity contribution < 1.29 is 19.8 Å². The van der Waals surface area contributed by atoms with Crippen molar-refractivity contribution in [1.82, 2.24) is 0 Å². The van der Waals surface area contributed by atoms with Crippen LogP contribution in [0.4, 0.5) is 0 Å². The average molecular weight is 304 g/mol. The Kier molecular flexibility index (Phi) is 4.53. The highest BCUT2D eigenvalue weighted by atomic mass is 32.2. The molecule has 0 saturated carbocycles. The topological polar surface area (TPSA) is 74.6 Å². The molecule has 1 aromatic carbocycles. The first kappa shape index (κ1) is 15.4. The van der Waals surface area contributed by atoms with Crippen LogP contribution in [0, 0.1) is 5.41 Å². The number of hydrogen-bond donors (Lipinski definition) is 2. The van der Waals surface area contributed by atoms with Gasteiger partial charge in [0.05, 0.1) is 11.0 Å². The van der Waals surface area contributed by atoms with Crippen molar-refractivity contribution in [3.63, 3.8) is 0 Å². The van der Waals surface area contributed by atoms with Gasteiger partial charge in [-0.2, -0.15) is 0 Å². The van der Waals surface area contributed by atoms with Crippen LogP contribution in [-0.4, -0.2) is 22.2 Å². The van der Waals surface area contributed by atoms with Crippen LogP contribution in [0.25, 0.3) is 0 Å². The molecule has 0 amide bonds. The largest absolute Gasteiger partial charge is 0.481 e. The average Bonchev–Trinajstić information content (AvgIpc) is 2.46. The molecule has 1 unspecified atom stereocenters. The molecule has 0 aromatic heterocycles. The first-order valence-corrected chi connectivity index (χ1v) is 7.47. The second-order valence-corrected chi connectivity index (χ2v) is 6.17. The van der Waals surface area contributed by atoms with Crippen molar-refractivity contribution in [2.45, 2.75) is 19.1 Å². The number of thioether (sulfide) groups is 1. The van der Waals surface area contributed by atoms with Gasteiger partial charge in [0.1, 0.15) is 0 Å². The molecule has 0 spiro atoms. The highest BCUT2D eigenvalue weighted by Gasteiger charge is 2.36. The molecule has 1 aliphatic rings. The molecule has 0 fully saturated rings. The predicted octanol–water partition coefficient (Wildman–Crippen LogP) is 3.31. The summed E-state index contributed by atoms with van der Waals surface area (Å²) >= 11 is 1.42. The second kappa shape index (κ2) is 6.18. The molecular weight excluding hydrogens is 288 g/mol. The number of carboxylic acid groups (broad SMARTS) is 2. The molecule has 0 bridgehead atoms. The van der Waals surface area contributed by atoms with Crippen LogP contribution >= 0.6 is 11.8 Å². The lowest BCUT2D eigenvalue weighted by molar-refractivity contribution is -0.145. The molecule has 0 aliphatic heterocycles. The van der Waals surface area contributed by atoms with E-state index in [0.29, 0.717) is 10.7 Å². The quantitative estimate of drug-likeness (QED) is 0.873. The van der Waals surface area contributed by atoms with Crippen LogP contribution in [0.5, 0.6) is 0 Å². The Hall–Kier alpha value is -2.01. The normalized spacial score (nSPS) is 21.4. The van der Waals surface area contributed by atoms with E-state index in [4.69, 9.17) is 0 Å². The van der Waals surface area contributed by atoms with Crippen molar-refractivity contribution in [3.8, 4) is 0 Å². The fraction of sp³-hybridized carbons (Fsp3) is 0.250. The lowest BCUT2D eigenvalue weighted by Gasteiger charge is -2.26. The van der Waals surface area contributed by atoms with Gasteiger partial charge < -0.3 is 10.2 Å². The smallest absolute Gasteiger partial charge is 0.332 e. The van der Waals surface area contributed by atoms with Gasteiger partial charge in [-0.15, -0.1) is 11.8 Å². The van der Waals surface area contributed by atoms with E-state index in [2.05, 4.69) is 0 Å². The molecule has 0 saturated heterocycles. The third-order valence-electron chi connectivity index (χ3n) is 3.43. The lowest BCUT2D eigenvalue weighted by Crippen LogP contribution is -2.29. The predicted molar refractivity (Wildman–Crippen MR) is 81.9 cm³/mol. The van der Waals surface area contributed by atoms with Gasteiger partial charge in [-0.25, -0.2) is 4.79 Å². The van der Waals surface area contributed by atoms with Gasteiger partial charge in [0.15, 0.2) is 0 Å². The summed E-state index contributed by atoms with van der Waals surface area (Å²) in [5.74, 6) is -1.41. The molecule has 2 rings (SSSR count). The molecule has 4 nitrogen and oxygen atoms in total. The number of carbonyl (C=O) groups is 2. The monoisotopic (exact) mass is 304 g/mol. The molecule has 21 heavy (non-hydrogen) atoms. The molecular formula is C16H16O4S. The van der Waals surface area contributed by atoms with Gasteiger partial charge in [-0.3, -0.25) is 4.79 Å². The Morgan fingerprint density at radius 3 is 2.48 bits per heavy atom. The number of rotatable bonds is 5. The van der Waals surface area contributed by atoms with Crippen molar-refractivity contribution >= 4 is 23.7 Å². The minimum absolute atomic E-state index is 0.00525. The SMILES string of the molecule is CC1(C(=O)O)C=CC(SCc2ccccc2)=C(C(=O)O)C1. The van der Waals surface area contributed by atoms with Crippen LogP contribution < -0.4 is 0 Å². The van der Waals surface area contributed by atoms with E-state index in [0.717, 1.165) is 5.56 Å². The van der Waals surface area contributed by atoms with Crippen molar-refractivity contribution in [2.24, 2.45) is 5.41 Å². The van der Waals surface area contributed by atoms with E-state index in [1.54, 1.807) is 12.2 Å². The van der Waals surface area contributed by atoms with Gasteiger partial charge in [0.25, 0.3) is 0 Å². The number of aliphatic carboxylic acids is 2. The minimum Gasteiger partial charge on any atom is -0.481 e. The maximum absolute atomic E-state index is 11.4. The van der Waals surface area contributed by atoms with Crippen molar-refractivity contribution in [2.75, 3.05) is 0 Å². The summed E-state index contributed by atoms with van der Waals surface area (Å²) in [6, 6.07) is 9.74. The van der Waals surface area contributed by atoms with Crippen LogP contribution in [0.1, 0.15) is 18.9 Å².